The predicted molar refractivity (Wildman–Crippen MR) is 71.5 cm³/mol. The monoisotopic (exact) mass is 282 g/mol. The molecule has 0 saturated heterocycles. The molecule has 1 aliphatic carbocycles. The first-order valence-corrected chi connectivity index (χ1v) is 6.93. The highest BCUT2D eigenvalue weighted by Crippen LogP contribution is 2.41. The Hall–Kier alpha value is -1.47. The zero-order valence-electron chi connectivity index (χ0n) is 12.0. The normalized spacial score (nSPS) is 26.6. The molecule has 0 aromatic carbocycles. The van der Waals surface area contributed by atoms with Gasteiger partial charge in [0.15, 0.2) is 0 Å². The Morgan fingerprint density at radius 3 is 3.10 bits per heavy atom. The first-order chi connectivity index (χ1) is 9.55. The van der Waals surface area contributed by atoms with Crippen LogP contribution in [0.15, 0.2) is 4.52 Å². The van der Waals surface area contributed by atoms with E-state index < -0.39 is 11.5 Å². The first kappa shape index (κ1) is 14.9. The van der Waals surface area contributed by atoms with Crippen LogP contribution in [-0.4, -0.2) is 29.7 Å². The molecule has 2 rings (SSSR count). The van der Waals surface area contributed by atoms with E-state index in [4.69, 9.17) is 15.0 Å². The molecule has 3 N–H and O–H groups in total. The third kappa shape index (κ3) is 3.34. The average molecular weight is 282 g/mol. The van der Waals surface area contributed by atoms with Crippen molar-refractivity contribution in [2.45, 2.75) is 44.8 Å². The van der Waals surface area contributed by atoms with Crippen LogP contribution in [-0.2, 0) is 21.7 Å². The van der Waals surface area contributed by atoms with Crippen LogP contribution in [0.2, 0.25) is 0 Å². The number of nitrogens with one attached hydrogen (secondary N) is 1. The molecule has 7 heteroatoms. The van der Waals surface area contributed by atoms with Gasteiger partial charge in [-0.3, -0.25) is 10.1 Å². The van der Waals surface area contributed by atoms with Gasteiger partial charge in [-0.25, -0.2) is 0 Å². The van der Waals surface area contributed by atoms with Crippen LogP contribution < -0.4 is 11.1 Å². The molecule has 1 aliphatic rings. The van der Waals surface area contributed by atoms with E-state index in [0.717, 1.165) is 19.3 Å². The number of ether oxygens (including phenoxy) is 1. The van der Waals surface area contributed by atoms with Crippen LogP contribution in [0.1, 0.15) is 44.3 Å². The number of methoxy groups -OCH3 is 1. The fourth-order valence-electron chi connectivity index (χ4n) is 2.79. The number of primary amides is 1. The average Bonchev–Trinajstić information content (AvgIpc) is 2.87. The number of hydrogen-bond acceptors (Lipinski definition) is 6. The Morgan fingerprint density at radius 2 is 2.45 bits per heavy atom. The number of amides is 1. The Morgan fingerprint density at radius 1 is 1.65 bits per heavy atom. The van der Waals surface area contributed by atoms with Gasteiger partial charge in [-0.15, -0.1) is 0 Å². The van der Waals surface area contributed by atoms with Crippen molar-refractivity contribution in [3.63, 3.8) is 0 Å². The van der Waals surface area contributed by atoms with Gasteiger partial charge < -0.3 is 15.0 Å². The number of hydrogen-bond donors (Lipinski definition) is 2. The number of nitrogens with two attached hydrogens (primary N) is 1. The van der Waals surface area contributed by atoms with Crippen LogP contribution >= 0.6 is 0 Å². The van der Waals surface area contributed by atoms with Gasteiger partial charge in [-0.2, -0.15) is 4.98 Å². The number of carbonyl (C=O) groups is 1. The molecule has 1 amide bonds. The molecule has 0 radical (unpaired) electrons. The second kappa shape index (κ2) is 6.32. The maximum atomic E-state index is 10.6. The van der Waals surface area contributed by atoms with Crippen molar-refractivity contribution in [3.05, 3.63) is 11.7 Å². The van der Waals surface area contributed by atoms with Gasteiger partial charge in [0.25, 0.3) is 0 Å². The molecule has 7 nitrogen and oxygen atoms in total. The standard InChI is InChI=1S/C13H22N4O3/c1-9-4-3-5-13(6-9,19-2)12-16-11(20-17-12)8-15-7-10(14)18/h9,15H,3-8H2,1-2H3,(H2,14,18). The van der Waals surface area contributed by atoms with Gasteiger partial charge in [0.2, 0.25) is 17.6 Å². The lowest BCUT2D eigenvalue weighted by atomic mass is 9.78. The topological polar surface area (TPSA) is 103 Å². The van der Waals surface area contributed by atoms with Gasteiger partial charge in [-0.05, 0) is 25.2 Å². The quantitative estimate of drug-likeness (QED) is 0.796. The Labute approximate surface area is 118 Å². The van der Waals surface area contributed by atoms with E-state index in [1.54, 1.807) is 7.11 Å². The molecule has 0 bridgehead atoms. The highest BCUT2D eigenvalue weighted by molar-refractivity contribution is 5.75. The zero-order valence-corrected chi connectivity index (χ0v) is 12.0. The van der Waals surface area contributed by atoms with Crippen molar-refractivity contribution in [2.75, 3.05) is 13.7 Å². The lowest BCUT2D eigenvalue weighted by molar-refractivity contribution is -0.117. The van der Waals surface area contributed by atoms with Crippen LogP contribution in [0, 0.1) is 5.92 Å². The van der Waals surface area contributed by atoms with E-state index in [2.05, 4.69) is 22.4 Å². The van der Waals surface area contributed by atoms with Crippen molar-refractivity contribution >= 4 is 5.91 Å². The third-order valence-corrected chi connectivity index (χ3v) is 3.80. The van der Waals surface area contributed by atoms with E-state index >= 15 is 0 Å². The van der Waals surface area contributed by atoms with Gasteiger partial charge in [0.1, 0.15) is 5.60 Å². The van der Waals surface area contributed by atoms with Gasteiger partial charge in [-0.1, -0.05) is 18.5 Å². The molecule has 0 spiro atoms. The van der Waals surface area contributed by atoms with Crippen molar-refractivity contribution in [1.82, 2.24) is 15.5 Å². The molecule has 2 atom stereocenters. The summed E-state index contributed by atoms with van der Waals surface area (Å²) >= 11 is 0. The van der Waals surface area contributed by atoms with Crippen molar-refractivity contribution < 1.29 is 14.1 Å². The van der Waals surface area contributed by atoms with E-state index in [-0.39, 0.29) is 6.54 Å². The van der Waals surface area contributed by atoms with Crippen LogP contribution in [0.3, 0.4) is 0 Å². The van der Waals surface area contributed by atoms with Crippen molar-refractivity contribution in [3.8, 4) is 0 Å². The van der Waals surface area contributed by atoms with E-state index in [1.807, 2.05) is 0 Å². The highest BCUT2D eigenvalue weighted by Gasteiger charge is 2.40. The minimum absolute atomic E-state index is 0.0875. The molecule has 1 aromatic rings. The smallest absolute Gasteiger partial charge is 0.240 e. The van der Waals surface area contributed by atoms with Crippen molar-refractivity contribution in [1.29, 1.82) is 0 Å². The SMILES string of the molecule is COC1(c2noc(CNCC(N)=O)n2)CCCC(C)C1. The summed E-state index contributed by atoms with van der Waals surface area (Å²) in [4.78, 5) is 15.0. The second-order valence-electron chi connectivity index (χ2n) is 5.48. The summed E-state index contributed by atoms with van der Waals surface area (Å²) in [5.41, 5.74) is 4.61. The molecular formula is C13H22N4O3. The minimum Gasteiger partial charge on any atom is -0.370 e. The molecule has 20 heavy (non-hydrogen) atoms. The predicted octanol–water partition coefficient (Wildman–Crippen LogP) is 0.696. The molecule has 0 aliphatic heterocycles. The fraction of sp³-hybridized carbons (Fsp3) is 0.769. The highest BCUT2D eigenvalue weighted by atomic mass is 16.5. The number of aromatic nitrogens is 2. The Balaban J connectivity index is 2.04. The molecule has 1 heterocycles. The third-order valence-electron chi connectivity index (χ3n) is 3.80. The summed E-state index contributed by atoms with van der Waals surface area (Å²) in [6, 6.07) is 0. The molecule has 112 valence electrons. The van der Waals surface area contributed by atoms with Crippen molar-refractivity contribution in [2.24, 2.45) is 11.7 Å². The summed E-state index contributed by atoms with van der Waals surface area (Å²) in [5.74, 6) is 1.20. The summed E-state index contributed by atoms with van der Waals surface area (Å²) < 4.78 is 10.9. The molecule has 1 aromatic heterocycles. The molecule has 1 fully saturated rings. The number of carbonyl (C=O) groups excluding carboxylic acids is 1. The minimum atomic E-state index is -0.441. The summed E-state index contributed by atoms with van der Waals surface area (Å²) in [7, 11) is 1.69. The van der Waals surface area contributed by atoms with Crippen LogP contribution in [0.4, 0.5) is 0 Å². The fourth-order valence-corrected chi connectivity index (χ4v) is 2.79. The molecule has 2 unspecified atom stereocenters. The Kier molecular flexibility index (Phi) is 4.72. The van der Waals surface area contributed by atoms with E-state index in [1.165, 1.54) is 6.42 Å². The van der Waals surface area contributed by atoms with Gasteiger partial charge in [0.05, 0.1) is 13.1 Å². The van der Waals surface area contributed by atoms with Crippen LogP contribution in [0.5, 0.6) is 0 Å². The first-order valence-electron chi connectivity index (χ1n) is 6.93. The molecule has 1 saturated carbocycles. The maximum Gasteiger partial charge on any atom is 0.240 e. The second-order valence-corrected chi connectivity index (χ2v) is 5.48. The Bertz CT molecular complexity index is 462. The lowest BCUT2D eigenvalue weighted by Crippen LogP contribution is -2.35. The zero-order chi connectivity index (χ0) is 14.6. The number of nitrogens with zero attached hydrogens (tertiary/aromatic N) is 2. The maximum absolute atomic E-state index is 10.6. The summed E-state index contributed by atoms with van der Waals surface area (Å²) in [6.07, 6.45) is 4.10. The van der Waals surface area contributed by atoms with Crippen LogP contribution in [0.25, 0.3) is 0 Å². The van der Waals surface area contributed by atoms with E-state index in [0.29, 0.717) is 24.2 Å². The molecular weight excluding hydrogens is 260 g/mol. The van der Waals surface area contributed by atoms with Gasteiger partial charge in [0, 0.05) is 7.11 Å². The summed E-state index contributed by atoms with van der Waals surface area (Å²) in [6.45, 7) is 2.62. The number of rotatable bonds is 6. The summed E-state index contributed by atoms with van der Waals surface area (Å²) in [5, 5.41) is 6.89. The van der Waals surface area contributed by atoms with Gasteiger partial charge >= 0.3 is 0 Å². The largest absolute Gasteiger partial charge is 0.370 e. The lowest BCUT2D eigenvalue weighted by Gasteiger charge is -2.36. The van der Waals surface area contributed by atoms with E-state index in [9.17, 15) is 4.79 Å².